The van der Waals surface area contributed by atoms with Crippen molar-refractivity contribution in [3.8, 4) is 0 Å². The summed E-state index contributed by atoms with van der Waals surface area (Å²) in [6.45, 7) is 4.09. The summed E-state index contributed by atoms with van der Waals surface area (Å²) < 4.78 is 0. The van der Waals surface area contributed by atoms with Gasteiger partial charge in [0, 0.05) is 13.5 Å². The summed E-state index contributed by atoms with van der Waals surface area (Å²) in [5.74, 6) is -0.214. The maximum absolute atomic E-state index is 10.8. The van der Waals surface area contributed by atoms with Gasteiger partial charge in [-0.2, -0.15) is 0 Å². The van der Waals surface area contributed by atoms with E-state index < -0.39 is 0 Å². The molecular formula is C11H20NO2. The van der Waals surface area contributed by atoms with E-state index in [-0.39, 0.29) is 5.91 Å². The van der Waals surface area contributed by atoms with Crippen LogP contribution in [-0.2, 0) is 9.59 Å². The van der Waals surface area contributed by atoms with Crippen LogP contribution in [0.1, 0.15) is 52.4 Å². The van der Waals surface area contributed by atoms with Gasteiger partial charge in [0.25, 0.3) is 0 Å². The van der Waals surface area contributed by atoms with Gasteiger partial charge in [-0.3, -0.25) is 14.5 Å². The molecule has 0 aliphatic rings. The van der Waals surface area contributed by atoms with Gasteiger partial charge in [-0.25, -0.2) is 0 Å². The Morgan fingerprint density at radius 2 is 1.71 bits per heavy atom. The fourth-order valence-corrected chi connectivity index (χ4v) is 1.32. The molecule has 0 heterocycles. The molecule has 0 saturated carbocycles. The lowest BCUT2D eigenvalue weighted by atomic mass is 10.1. The minimum Gasteiger partial charge on any atom is -0.275 e. The van der Waals surface area contributed by atoms with Gasteiger partial charge in [0.05, 0.1) is 0 Å². The quantitative estimate of drug-likeness (QED) is 0.443. The van der Waals surface area contributed by atoms with Gasteiger partial charge in [-0.05, 0) is 6.42 Å². The maximum Gasteiger partial charge on any atom is 0.319 e. The second kappa shape index (κ2) is 8.73. The van der Waals surface area contributed by atoms with Crippen LogP contribution in [0.15, 0.2) is 0 Å². The number of hydrogen-bond acceptors (Lipinski definition) is 2. The molecule has 0 aliphatic carbocycles. The standard InChI is InChI=1S/C11H20NO2/c1-3-4-5-6-7-8-9-12(10-13)11(2)14/h3-9H2,1-2H3. The molecule has 2 amide bonds. The van der Waals surface area contributed by atoms with Crippen LogP contribution in [0.4, 0.5) is 0 Å². The van der Waals surface area contributed by atoms with Gasteiger partial charge >= 0.3 is 6.41 Å². The highest BCUT2D eigenvalue weighted by Crippen LogP contribution is 2.05. The normalized spacial score (nSPS) is 9.86. The highest BCUT2D eigenvalue weighted by molar-refractivity contribution is 5.84. The van der Waals surface area contributed by atoms with Crippen molar-refractivity contribution in [2.24, 2.45) is 0 Å². The first-order valence-electron chi connectivity index (χ1n) is 5.38. The van der Waals surface area contributed by atoms with Gasteiger partial charge in [0.15, 0.2) is 0 Å². The summed E-state index contributed by atoms with van der Waals surface area (Å²) in [5, 5.41) is 0. The van der Waals surface area contributed by atoms with Crippen LogP contribution in [0, 0.1) is 0 Å². The Balaban J connectivity index is 3.33. The summed E-state index contributed by atoms with van der Waals surface area (Å²) in [7, 11) is 0. The molecule has 0 aromatic heterocycles. The highest BCUT2D eigenvalue weighted by atomic mass is 16.2. The number of unbranched alkanes of at least 4 members (excludes halogenated alkanes) is 5. The molecule has 0 unspecified atom stereocenters. The number of carbonyl (C=O) groups excluding carboxylic acids is 2. The summed E-state index contributed by atoms with van der Waals surface area (Å²) in [4.78, 5) is 22.2. The van der Waals surface area contributed by atoms with E-state index in [0.717, 1.165) is 17.7 Å². The molecule has 0 aromatic carbocycles. The first-order chi connectivity index (χ1) is 6.72. The van der Waals surface area contributed by atoms with Gasteiger partial charge in [0.2, 0.25) is 5.91 Å². The molecule has 0 aliphatic heterocycles. The van der Waals surface area contributed by atoms with Crippen molar-refractivity contribution in [3.63, 3.8) is 0 Å². The van der Waals surface area contributed by atoms with Crippen LogP contribution in [0.3, 0.4) is 0 Å². The Hall–Kier alpha value is -0.860. The second-order valence-electron chi connectivity index (χ2n) is 3.53. The van der Waals surface area contributed by atoms with E-state index in [1.54, 1.807) is 6.41 Å². The number of hydrogen-bond donors (Lipinski definition) is 0. The molecule has 0 bridgehead atoms. The minimum atomic E-state index is -0.214. The highest BCUT2D eigenvalue weighted by Gasteiger charge is 2.06. The zero-order chi connectivity index (χ0) is 10.8. The summed E-state index contributed by atoms with van der Waals surface area (Å²) in [6, 6.07) is 0. The Bertz CT molecular complexity index is 169. The summed E-state index contributed by atoms with van der Waals surface area (Å²) in [5.41, 5.74) is 0. The molecule has 14 heavy (non-hydrogen) atoms. The van der Waals surface area contributed by atoms with E-state index in [0.29, 0.717) is 6.54 Å². The van der Waals surface area contributed by atoms with Crippen LogP contribution in [0.5, 0.6) is 0 Å². The third kappa shape index (κ3) is 6.63. The third-order valence-electron chi connectivity index (χ3n) is 2.23. The fourth-order valence-electron chi connectivity index (χ4n) is 1.32. The Kier molecular flexibility index (Phi) is 8.19. The minimum absolute atomic E-state index is 0.214. The van der Waals surface area contributed by atoms with Crippen molar-refractivity contribution in [3.05, 3.63) is 0 Å². The van der Waals surface area contributed by atoms with E-state index in [1.807, 2.05) is 0 Å². The van der Waals surface area contributed by atoms with Crippen molar-refractivity contribution in [1.29, 1.82) is 0 Å². The molecule has 0 atom stereocenters. The lowest BCUT2D eigenvalue weighted by Gasteiger charge is -2.10. The Labute approximate surface area is 86.5 Å². The van der Waals surface area contributed by atoms with Crippen molar-refractivity contribution < 1.29 is 9.59 Å². The molecule has 3 heteroatoms. The zero-order valence-corrected chi connectivity index (χ0v) is 9.21. The van der Waals surface area contributed by atoms with Gasteiger partial charge < -0.3 is 0 Å². The van der Waals surface area contributed by atoms with Crippen molar-refractivity contribution >= 4 is 12.3 Å². The predicted molar refractivity (Wildman–Crippen MR) is 56.5 cm³/mol. The lowest BCUT2D eigenvalue weighted by Crippen LogP contribution is -2.27. The van der Waals surface area contributed by atoms with Crippen molar-refractivity contribution in [2.75, 3.05) is 6.54 Å². The van der Waals surface area contributed by atoms with Gasteiger partial charge in [-0.1, -0.05) is 39.0 Å². The average Bonchev–Trinajstić information content (AvgIpc) is 2.16. The van der Waals surface area contributed by atoms with Crippen molar-refractivity contribution in [1.82, 2.24) is 4.90 Å². The zero-order valence-electron chi connectivity index (χ0n) is 9.21. The van der Waals surface area contributed by atoms with E-state index in [1.165, 1.54) is 32.6 Å². The van der Waals surface area contributed by atoms with Crippen LogP contribution in [0.25, 0.3) is 0 Å². The number of amides is 2. The molecule has 81 valence electrons. The molecular weight excluding hydrogens is 178 g/mol. The van der Waals surface area contributed by atoms with Crippen LogP contribution in [-0.4, -0.2) is 23.8 Å². The SMILES string of the molecule is CCCCCCCCN([C]=O)C(C)=O. The molecule has 1 radical (unpaired) electrons. The number of carbonyl (C=O) groups is 1. The second-order valence-corrected chi connectivity index (χ2v) is 3.53. The molecule has 0 aromatic rings. The lowest BCUT2D eigenvalue weighted by molar-refractivity contribution is -0.125. The number of rotatable bonds is 8. The third-order valence-corrected chi connectivity index (χ3v) is 2.23. The first-order valence-corrected chi connectivity index (χ1v) is 5.38. The van der Waals surface area contributed by atoms with Gasteiger partial charge in [-0.15, -0.1) is 0 Å². The number of nitrogens with zero attached hydrogens (tertiary/aromatic N) is 1. The molecule has 3 nitrogen and oxygen atoms in total. The molecule has 0 saturated heterocycles. The first kappa shape index (κ1) is 13.1. The Morgan fingerprint density at radius 3 is 2.21 bits per heavy atom. The molecule has 0 spiro atoms. The van der Waals surface area contributed by atoms with E-state index in [2.05, 4.69) is 6.92 Å². The summed E-state index contributed by atoms with van der Waals surface area (Å²) >= 11 is 0. The van der Waals surface area contributed by atoms with Crippen LogP contribution < -0.4 is 0 Å². The summed E-state index contributed by atoms with van der Waals surface area (Å²) in [6.07, 6.45) is 8.58. The Morgan fingerprint density at radius 1 is 1.14 bits per heavy atom. The van der Waals surface area contributed by atoms with Gasteiger partial charge in [0.1, 0.15) is 0 Å². The molecule has 0 N–H and O–H groups in total. The topological polar surface area (TPSA) is 37.4 Å². The maximum atomic E-state index is 10.8. The average molecular weight is 198 g/mol. The fraction of sp³-hybridized carbons (Fsp3) is 0.818. The smallest absolute Gasteiger partial charge is 0.275 e. The molecule has 0 fully saturated rings. The van der Waals surface area contributed by atoms with E-state index in [9.17, 15) is 9.59 Å². The van der Waals surface area contributed by atoms with Crippen LogP contribution in [0.2, 0.25) is 0 Å². The monoisotopic (exact) mass is 198 g/mol. The predicted octanol–water partition coefficient (Wildman–Crippen LogP) is 2.26. The van der Waals surface area contributed by atoms with Crippen molar-refractivity contribution in [2.45, 2.75) is 52.4 Å². The van der Waals surface area contributed by atoms with Crippen LogP contribution >= 0.6 is 0 Å². The largest absolute Gasteiger partial charge is 0.319 e. The molecule has 0 rings (SSSR count). The number of imide groups is 1. The van der Waals surface area contributed by atoms with E-state index in [4.69, 9.17) is 0 Å². The van der Waals surface area contributed by atoms with E-state index >= 15 is 0 Å².